The first kappa shape index (κ1) is 28.0. The van der Waals surface area contributed by atoms with Gasteiger partial charge >= 0.3 is 0 Å². The number of allylic oxidation sites excluding steroid dienone is 6. The number of benzene rings is 5. The zero-order valence-corrected chi connectivity index (χ0v) is 25.5. The van der Waals surface area contributed by atoms with Crippen LogP contribution in [0.2, 0.25) is 0 Å². The van der Waals surface area contributed by atoms with E-state index in [1.807, 2.05) is 18.4 Å². The van der Waals surface area contributed by atoms with Crippen LogP contribution in [0.15, 0.2) is 150 Å². The maximum absolute atomic E-state index is 4.36. The van der Waals surface area contributed by atoms with Crippen LogP contribution in [0.5, 0.6) is 0 Å². The van der Waals surface area contributed by atoms with Crippen LogP contribution in [0.4, 0.5) is 5.69 Å². The molecule has 1 aliphatic carbocycles. The van der Waals surface area contributed by atoms with E-state index in [0.29, 0.717) is 0 Å². The fourth-order valence-electron chi connectivity index (χ4n) is 5.93. The molecule has 5 aromatic carbocycles. The van der Waals surface area contributed by atoms with Gasteiger partial charge in [0.25, 0.3) is 0 Å². The highest BCUT2D eigenvalue weighted by Gasteiger charge is 2.16. The van der Waals surface area contributed by atoms with E-state index in [9.17, 15) is 0 Å². The molecule has 2 aliphatic rings. The molecule has 0 fully saturated rings. The number of nitrogens with zero attached hydrogens (tertiary/aromatic N) is 2. The Balaban J connectivity index is 1.30. The Morgan fingerprint density at radius 1 is 0.711 bits per heavy atom. The summed E-state index contributed by atoms with van der Waals surface area (Å²) in [6.45, 7) is 2.90. The molecule has 0 bridgehead atoms. The van der Waals surface area contributed by atoms with Crippen LogP contribution in [0.1, 0.15) is 22.3 Å². The summed E-state index contributed by atoms with van der Waals surface area (Å²) in [5, 5.41) is 2.46. The Hall–Kier alpha value is -5.78. The predicted molar refractivity (Wildman–Crippen MR) is 192 cm³/mol. The highest BCUT2D eigenvalue weighted by atomic mass is 15.0. The van der Waals surface area contributed by atoms with Crippen LogP contribution in [0.3, 0.4) is 0 Å². The van der Waals surface area contributed by atoms with Crippen molar-refractivity contribution in [2.75, 3.05) is 13.6 Å². The highest BCUT2D eigenvalue weighted by Crippen LogP contribution is 2.36. The van der Waals surface area contributed by atoms with Gasteiger partial charge in [-0.2, -0.15) is 0 Å². The van der Waals surface area contributed by atoms with Gasteiger partial charge in [-0.05, 0) is 122 Å². The second-order valence-electron chi connectivity index (χ2n) is 11.5. The Labute approximate surface area is 265 Å². The van der Waals surface area contributed by atoms with Crippen molar-refractivity contribution in [3.63, 3.8) is 0 Å². The molecule has 214 valence electrons. The van der Waals surface area contributed by atoms with Crippen LogP contribution < -0.4 is 0 Å². The molecule has 2 nitrogen and oxygen atoms in total. The molecule has 0 saturated heterocycles. The van der Waals surface area contributed by atoms with E-state index in [1.54, 1.807) is 0 Å². The van der Waals surface area contributed by atoms with Gasteiger partial charge in [-0.15, -0.1) is 0 Å². The lowest BCUT2D eigenvalue weighted by Gasteiger charge is -2.12. The number of rotatable bonds is 7. The standard InChI is InChI=1S/C43H33N2/c1-31-10-6-7-11-32(31)16-9-25-45(2)43-29-39(35-15-8-14-34(26-35)33-12-4-3-5-13-33)21-22-42(43)40-20-19-36-27-38(18-17-37(36)28-40)41-23-24-44-30-41/h4,6-29H,30H2,1-2H3/q+1/b16-9-,45-25?. The summed E-state index contributed by atoms with van der Waals surface area (Å²) >= 11 is 0. The van der Waals surface area contributed by atoms with E-state index in [2.05, 4.69) is 169 Å². The Morgan fingerprint density at radius 2 is 1.49 bits per heavy atom. The molecule has 45 heavy (non-hydrogen) atoms. The Morgan fingerprint density at radius 3 is 2.29 bits per heavy atom. The molecule has 0 amide bonds. The van der Waals surface area contributed by atoms with Crippen molar-refractivity contribution in [1.82, 2.24) is 0 Å². The van der Waals surface area contributed by atoms with Crippen molar-refractivity contribution >= 4 is 46.1 Å². The van der Waals surface area contributed by atoms with Gasteiger partial charge in [-0.3, -0.25) is 4.99 Å². The van der Waals surface area contributed by atoms with Gasteiger partial charge in [0.15, 0.2) is 6.21 Å². The maximum Gasteiger partial charge on any atom is 0.213 e. The maximum atomic E-state index is 4.36. The third-order valence-electron chi connectivity index (χ3n) is 8.50. The largest absolute Gasteiger partial charge is 0.288 e. The second-order valence-corrected chi connectivity index (χ2v) is 11.5. The third kappa shape index (κ3) is 6.03. The van der Waals surface area contributed by atoms with E-state index >= 15 is 0 Å². The van der Waals surface area contributed by atoms with Crippen molar-refractivity contribution in [2.24, 2.45) is 4.99 Å². The lowest BCUT2D eigenvalue weighted by Crippen LogP contribution is -2.01. The molecule has 0 aromatic heterocycles. The molecule has 1 aliphatic heterocycles. The average Bonchev–Trinajstić information content (AvgIpc) is 3.64. The summed E-state index contributed by atoms with van der Waals surface area (Å²) in [6, 6.07) is 37.5. The molecule has 5 aromatic rings. The van der Waals surface area contributed by atoms with Crippen LogP contribution in [0.25, 0.3) is 50.2 Å². The van der Waals surface area contributed by atoms with Crippen molar-refractivity contribution in [2.45, 2.75) is 6.92 Å². The van der Waals surface area contributed by atoms with Gasteiger partial charge in [0.1, 0.15) is 7.05 Å². The van der Waals surface area contributed by atoms with Gasteiger partial charge in [-0.1, -0.05) is 84.3 Å². The van der Waals surface area contributed by atoms with Gasteiger partial charge in [-0.25, -0.2) is 4.58 Å². The normalized spacial score (nSPS) is 14.0. The van der Waals surface area contributed by atoms with Crippen LogP contribution in [0, 0.1) is 6.92 Å². The summed E-state index contributed by atoms with van der Waals surface area (Å²) in [5.41, 5.74) is 19.2. The van der Waals surface area contributed by atoms with E-state index in [4.69, 9.17) is 0 Å². The summed E-state index contributed by atoms with van der Waals surface area (Å²) < 4.78 is 2.22. The first-order chi connectivity index (χ1) is 22.1. The molecule has 1 heterocycles. The lowest BCUT2D eigenvalue weighted by atomic mass is 9.94. The number of fused-ring (bicyclic) bond motifs is 1. The predicted octanol–water partition coefficient (Wildman–Crippen LogP) is 10.3. The molecule has 2 heteroatoms. The van der Waals surface area contributed by atoms with E-state index in [1.165, 1.54) is 60.9 Å². The quantitative estimate of drug-likeness (QED) is 0.104. The minimum absolute atomic E-state index is 0.756. The summed E-state index contributed by atoms with van der Waals surface area (Å²) in [6.07, 6.45) is 16.4. The van der Waals surface area contributed by atoms with Crippen LogP contribution >= 0.6 is 0 Å². The van der Waals surface area contributed by atoms with E-state index < -0.39 is 0 Å². The van der Waals surface area contributed by atoms with Crippen molar-refractivity contribution < 1.29 is 4.58 Å². The number of aryl methyl sites for hydroxylation is 1. The van der Waals surface area contributed by atoms with Crippen LogP contribution in [-0.2, 0) is 0 Å². The average molecular weight is 578 g/mol. The zero-order chi connectivity index (χ0) is 30.6. The summed E-state index contributed by atoms with van der Waals surface area (Å²) in [5.74, 6) is 0. The Bertz CT molecular complexity index is 2220. The van der Waals surface area contributed by atoms with E-state index in [-0.39, 0.29) is 0 Å². The number of hydrogen-bond acceptors (Lipinski definition) is 1. The van der Waals surface area contributed by atoms with Crippen molar-refractivity contribution in [3.8, 4) is 22.3 Å². The third-order valence-corrected chi connectivity index (χ3v) is 8.50. The first-order valence-corrected chi connectivity index (χ1v) is 15.3. The summed E-state index contributed by atoms with van der Waals surface area (Å²) in [4.78, 5) is 4.36. The highest BCUT2D eigenvalue weighted by molar-refractivity contribution is 5.95. The van der Waals surface area contributed by atoms with E-state index in [0.717, 1.165) is 17.8 Å². The van der Waals surface area contributed by atoms with Crippen molar-refractivity contribution in [1.29, 1.82) is 0 Å². The second kappa shape index (κ2) is 12.4. The number of aliphatic imine (C=N–C) groups is 1. The minimum Gasteiger partial charge on any atom is -0.288 e. The molecule has 0 saturated carbocycles. The topological polar surface area (TPSA) is 15.4 Å². The number of hydrogen-bond donors (Lipinski definition) is 0. The fraction of sp³-hybridized carbons (Fsp3) is 0.0698. The molecule has 0 radical (unpaired) electrons. The zero-order valence-electron chi connectivity index (χ0n) is 25.5. The van der Waals surface area contributed by atoms with Gasteiger partial charge in [0.2, 0.25) is 5.69 Å². The monoisotopic (exact) mass is 577 g/mol. The minimum atomic E-state index is 0.756. The molecule has 0 N–H and O–H groups in total. The van der Waals surface area contributed by atoms with Crippen molar-refractivity contribution in [3.05, 3.63) is 167 Å². The smallest absolute Gasteiger partial charge is 0.213 e. The van der Waals surface area contributed by atoms with Crippen LogP contribution in [-0.4, -0.2) is 30.6 Å². The van der Waals surface area contributed by atoms with Gasteiger partial charge < -0.3 is 0 Å². The Kier molecular flexibility index (Phi) is 7.75. The van der Waals surface area contributed by atoms with Gasteiger partial charge in [0.05, 0.1) is 12.1 Å². The lowest BCUT2D eigenvalue weighted by molar-refractivity contribution is -0.397. The first-order valence-electron chi connectivity index (χ1n) is 15.3. The molecule has 7 rings (SSSR count). The van der Waals surface area contributed by atoms with Gasteiger partial charge in [0, 0.05) is 18.4 Å². The summed E-state index contributed by atoms with van der Waals surface area (Å²) in [7, 11) is 2.13. The molecule has 0 spiro atoms. The SMILES string of the molecule is Cc1ccccc1/C=C\C=[N+](C)c1cc(-c2cccc(C3=CC=C=C=C3)c2)ccc1-c1ccc2cc(C3=CC=NC3)ccc2c1. The molecule has 0 atom stereocenters. The molecular weight excluding hydrogens is 544 g/mol. The molecule has 0 unspecified atom stereocenters. The molecular formula is C43H33N2+. The fourth-order valence-corrected chi connectivity index (χ4v) is 5.93.